The molecule has 3 heterocycles. The number of amides is 1. The lowest BCUT2D eigenvalue weighted by Crippen LogP contribution is -2.12. The summed E-state index contributed by atoms with van der Waals surface area (Å²) in [5.41, 5.74) is 4.17. The highest BCUT2D eigenvalue weighted by Crippen LogP contribution is 2.42. The Morgan fingerprint density at radius 3 is 2.72 bits per heavy atom. The van der Waals surface area contributed by atoms with Crippen molar-refractivity contribution in [3.05, 3.63) is 78.9 Å². The van der Waals surface area contributed by atoms with Crippen LogP contribution in [-0.4, -0.2) is 55.8 Å². The minimum absolute atomic E-state index is 0.222. The molecule has 39 heavy (non-hydrogen) atoms. The molecule has 4 aromatic rings. The van der Waals surface area contributed by atoms with Gasteiger partial charge in [-0.15, -0.1) is 0 Å². The van der Waals surface area contributed by atoms with Gasteiger partial charge in [-0.2, -0.15) is 5.26 Å². The van der Waals surface area contributed by atoms with Gasteiger partial charge in [0.2, 0.25) is 5.91 Å². The summed E-state index contributed by atoms with van der Waals surface area (Å²) in [4.78, 5) is 41.6. The minimum atomic E-state index is -4.77. The molecule has 200 valence electrons. The number of nitriles is 1. The van der Waals surface area contributed by atoms with E-state index < -0.39 is 14.1 Å². The molecule has 1 unspecified atom stereocenters. The second-order valence-corrected chi connectivity index (χ2v) is 10.2. The van der Waals surface area contributed by atoms with Gasteiger partial charge < -0.3 is 24.6 Å². The number of carbonyl (C=O) groups excluding carboxylic acids is 1. The number of hydrogen-bond acceptors (Lipinski definition) is 7. The van der Waals surface area contributed by atoms with E-state index in [0.29, 0.717) is 34.4 Å². The Bertz CT molecular complexity index is 1640. The third kappa shape index (κ3) is 7.03. The number of likely N-dealkylation sites (N-methyl/N-ethyl adjacent to an activating group) is 1. The highest BCUT2D eigenvalue weighted by atomic mass is 31.2. The lowest BCUT2D eigenvalue weighted by atomic mass is 10.0. The van der Waals surface area contributed by atoms with Gasteiger partial charge in [0.25, 0.3) is 0 Å². The highest BCUT2D eigenvalue weighted by molar-refractivity contribution is 7.46. The molecule has 3 aromatic heterocycles. The number of benzene rings is 1. The van der Waals surface area contributed by atoms with Crippen molar-refractivity contribution in [3.63, 3.8) is 0 Å². The summed E-state index contributed by atoms with van der Waals surface area (Å²) in [6, 6.07) is 14.6. The number of carbonyl (C=O) groups is 1. The molecular weight excluding hydrogens is 519 g/mol. The molecular formula is C27H27N6O5P. The van der Waals surface area contributed by atoms with E-state index in [2.05, 4.69) is 15.3 Å². The van der Waals surface area contributed by atoms with E-state index in [9.17, 15) is 24.4 Å². The SMILES string of the molecule is CC(OP(=O)(O)O)n1cc(-c2ccnc(C#N)c2)c2cc(-c3cccc(NC(=O)C=CCN(C)C)c3)cnc21. The fourth-order valence-electron chi connectivity index (χ4n) is 4.04. The van der Waals surface area contributed by atoms with Gasteiger partial charge in [0, 0.05) is 53.4 Å². The van der Waals surface area contributed by atoms with Crippen molar-refractivity contribution in [3.8, 4) is 28.3 Å². The minimum Gasteiger partial charge on any atom is -0.323 e. The number of aromatic nitrogens is 3. The number of fused-ring (bicyclic) bond motifs is 1. The van der Waals surface area contributed by atoms with Crippen molar-refractivity contribution < 1.29 is 23.7 Å². The van der Waals surface area contributed by atoms with E-state index in [-0.39, 0.29) is 11.6 Å². The predicted octanol–water partition coefficient (Wildman–Crippen LogP) is 4.32. The quantitative estimate of drug-likeness (QED) is 0.206. The molecule has 1 amide bonds. The Labute approximate surface area is 225 Å². The second kappa shape index (κ2) is 11.7. The van der Waals surface area contributed by atoms with E-state index >= 15 is 0 Å². The Kier molecular flexibility index (Phi) is 8.35. The monoisotopic (exact) mass is 546 g/mol. The molecule has 12 heteroatoms. The van der Waals surface area contributed by atoms with Crippen molar-refractivity contribution in [1.29, 1.82) is 5.26 Å². The van der Waals surface area contributed by atoms with Gasteiger partial charge >= 0.3 is 7.82 Å². The standard InChI is InChI=1S/C27H27N6O5P/c1-18(38-39(35,36)37)33-17-25(20-9-10-29-23(13-20)15-28)24-14-21(16-30-27(24)33)19-6-4-7-22(12-19)31-26(34)8-5-11-32(2)3/h4-10,12-14,16-18H,11H2,1-3H3,(H,31,34)(H2,35,36,37). The van der Waals surface area contributed by atoms with Crippen LogP contribution < -0.4 is 5.32 Å². The molecule has 0 aliphatic carbocycles. The Hall–Kier alpha value is -4.17. The number of hydrogen-bond donors (Lipinski definition) is 3. The van der Waals surface area contributed by atoms with E-state index in [1.165, 1.54) is 23.8 Å². The van der Waals surface area contributed by atoms with Crippen LogP contribution in [0.2, 0.25) is 0 Å². The molecule has 0 fully saturated rings. The first-order valence-corrected chi connectivity index (χ1v) is 13.4. The molecule has 0 bridgehead atoms. The first kappa shape index (κ1) is 27.9. The van der Waals surface area contributed by atoms with Gasteiger partial charge in [0.1, 0.15) is 23.6 Å². The third-order valence-electron chi connectivity index (χ3n) is 5.74. The number of pyridine rings is 2. The fraction of sp³-hybridized carbons (Fsp3) is 0.185. The van der Waals surface area contributed by atoms with Crippen LogP contribution in [0, 0.1) is 11.3 Å². The topological polar surface area (TPSA) is 154 Å². The van der Waals surface area contributed by atoms with Crippen LogP contribution in [0.1, 0.15) is 18.8 Å². The van der Waals surface area contributed by atoms with Crippen molar-refractivity contribution in [2.45, 2.75) is 13.2 Å². The summed E-state index contributed by atoms with van der Waals surface area (Å²) >= 11 is 0. The van der Waals surface area contributed by atoms with Gasteiger partial charge in [-0.25, -0.2) is 14.5 Å². The zero-order chi connectivity index (χ0) is 28.2. The van der Waals surface area contributed by atoms with E-state index in [4.69, 9.17) is 4.52 Å². The Balaban J connectivity index is 1.76. The number of phosphoric acid groups is 1. The largest absolute Gasteiger partial charge is 0.471 e. The second-order valence-electron chi connectivity index (χ2n) is 9.02. The number of rotatable bonds is 9. The van der Waals surface area contributed by atoms with Gasteiger partial charge in [-0.1, -0.05) is 18.2 Å². The average molecular weight is 547 g/mol. The van der Waals surface area contributed by atoms with Crippen LogP contribution >= 0.6 is 7.82 Å². The number of nitrogens with zero attached hydrogens (tertiary/aromatic N) is 5. The van der Waals surface area contributed by atoms with Crippen molar-refractivity contribution in [1.82, 2.24) is 19.4 Å². The van der Waals surface area contributed by atoms with Gasteiger partial charge in [0.05, 0.1) is 0 Å². The summed E-state index contributed by atoms with van der Waals surface area (Å²) in [6.45, 7) is 2.15. The molecule has 0 aliphatic heterocycles. The van der Waals surface area contributed by atoms with Crippen molar-refractivity contribution in [2.75, 3.05) is 26.0 Å². The van der Waals surface area contributed by atoms with Crippen LogP contribution in [0.25, 0.3) is 33.3 Å². The molecule has 3 N–H and O–H groups in total. The predicted molar refractivity (Wildman–Crippen MR) is 147 cm³/mol. The van der Waals surface area contributed by atoms with Crippen molar-refractivity contribution >= 4 is 30.5 Å². The van der Waals surface area contributed by atoms with Crippen LogP contribution in [0.3, 0.4) is 0 Å². The van der Waals surface area contributed by atoms with E-state index in [0.717, 1.165) is 11.1 Å². The third-order valence-corrected chi connectivity index (χ3v) is 6.32. The highest BCUT2D eigenvalue weighted by Gasteiger charge is 2.23. The molecule has 0 saturated heterocycles. The van der Waals surface area contributed by atoms with Crippen LogP contribution in [0.4, 0.5) is 5.69 Å². The van der Waals surface area contributed by atoms with Gasteiger partial charge in [0.15, 0.2) is 0 Å². The number of nitrogens with one attached hydrogen (secondary N) is 1. The zero-order valence-electron chi connectivity index (χ0n) is 21.5. The molecule has 11 nitrogen and oxygen atoms in total. The van der Waals surface area contributed by atoms with Gasteiger partial charge in [-0.05, 0) is 62.5 Å². The molecule has 0 aliphatic rings. The molecule has 0 saturated carbocycles. The average Bonchev–Trinajstić information content (AvgIpc) is 3.27. The lowest BCUT2D eigenvalue weighted by molar-refractivity contribution is -0.111. The van der Waals surface area contributed by atoms with Crippen LogP contribution in [0.5, 0.6) is 0 Å². The number of anilines is 1. The molecule has 0 spiro atoms. The first-order valence-electron chi connectivity index (χ1n) is 11.9. The summed E-state index contributed by atoms with van der Waals surface area (Å²) in [5, 5.41) is 12.9. The number of phosphoric ester groups is 1. The zero-order valence-corrected chi connectivity index (χ0v) is 22.4. The summed E-state index contributed by atoms with van der Waals surface area (Å²) in [7, 11) is -0.940. The van der Waals surface area contributed by atoms with Crippen LogP contribution in [0.15, 0.2) is 73.2 Å². The molecule has 1 aromatic carbocycles. The Morgan fingerprint density at radius 2 is 2.00 bits per heavy atom. The summed E-state index contributed by atoms with van der Waals surface area (Å²) < 4.78 is 17.9. The van der Waals surface area contributed by atoms with Crippen molar-refractivity contribution in [2.24, 2.45) is 0 Å². The van der Waals surface area contributed by atoms with Gasteiger partial charge in [-0.3, -0.25) is 9.32 Å². The molecule has 1 atom stereocenters. The van der Waals surface area contributed by atoms with E-state index in [1.807, 2.05) is 49.3 Å². The molecule has 4 rings (SSSR count). The normalized spacial score (nSPS) is 12.6. The first-order chi connectivity index (χ1) is 18.5. The maximum absolute atomic E-state index is 12.3. The molecule has 0 radical (unpaired) electrons. The lowest BCUT2D eigenvalue weighted by Gasteiger charge is -2.16. The summed E-state index contributed by atoms with van der Waals surface area (Å²) in [6.07, 6.45) is 7.06. The fourth-order valence-corrected chi connectivity index (χ4v) is 4.54. The maximum Gasteiger partial charge on any atom is 0.471 e. The maximum atomic E-state index is 12.3. The summed E-state index contributed by atoms with van der Waals surface area (Å²) in [5.74, 6) is -0.244. The smallest absolute Gasteiger partial charge is 0.323 e. The Morgan fingerprint density at radius 1 is 1.21 bits per heavy atom. The van der Waals surface area contributed by atoms with E-state index in [1.54, 1.807) is 36.7 Å². The van der Waals surface area contributed by atoms with Crippen LogP contribution in [-0.2, 0) is 13.9 Å².